The van der Waals surface area contributed by atoms with E-state index in [0.717, 1.165) is 18.4 Å². The van der Waals surface area contributed by atoms with Crippen molar-refractivity contribution in [3.63, 3.8) is 0 Å². The first-order valence-corrected chi connectivity index (χ1v) is 10.6. The minimum atomic E-state index is 0.0549. The Morgan fingerprint density at radius 1 is 1.33 bits per heavy atom. The molecule has 0 bridgehead atoms. The maximum atomic E-state index is 12.2. The maximum Gasteiger partial charge on any atom is 0.230 e. The van der Waals surface area contributed by atoms with Crippen molar-refractivity contribution < 1.29 is 9.53 Å². The number of rotatable bonds is 7. The predicted molar refractivity (Wildman–Crippen MR) is 107 cm³/mol. The number of halogens is 1. The molecule has 1 fully saturated rings. The first kappa shape index (κ1) is 20.0. The molecule has 1 heterocycles. The van der Waals surface area contributed by atoms with Crippen molar-refractivity contribution in [3.8, 4) is 5.75 Å². The minimum Gasteiger partial charge on any atom is -0.484 e. The Morgan fingerprint density at radius 2 is 2.11 bits per heavy atom. The summed E-state index contributed by atoms with van der Waals surface area (Å²) in [5, 5.41) is 12.7. The second-order valence-electron chi connectivity index (χ2n) is 6.87. The van der Waals surface area contributed by atoms with Crippen molar-refractivity contribution in [2.75, 3.05) is 5.75 Å². The molecule has 27 heavy (non-hydrogen) atoms. The number of hydrogen-bond acceptors (Lipinski definition) is 5. The zero-order chi connectivity index (χ0) is 19.2. The lowest BCUT2D eigenvalue weighted by Crippen LogP contribution is -2.37. The Hall–Kier alpha value is -1.73. The van der Waals surface area contributed by atoms with Gasteiger partial charge in [-0.3, -0.25) is 4.79 Å². The van der Waals surface area contributed by atoms with Gasteiger partial charge in [0.2, 0.25) is 5.91 Å². The number of benzene rings is 1. The summed E-state index contributed by atoms with van der Waals surface area (Å²) in [6.45, 7) is 2.25. The van der Waals surface area contributed by atoms with Gasteiger partial charge in [0.05, 0.1) is 10.8 Å². The molecular weight excluding hydrogens is 384 g/mol. The highest BCUT2D eigenvalue weighted by Crippen LogP contribution is 2.26. The van der Waals surface area contributed by atoms with E-state index in [1.807, 2.05) is 36.7 Å². The van der Waals surface area contributed by atoms with Crippen LogP contribution in [0.5, 0.6) is 5.75 Å². The zero-order valence-electron chi connectivity index (χ0n) is 15.7. The predicted octanol–water partition coefficient (Wildman–Crippen LogP) is 3.90. The second kappa shape index (κ2) is 9.46. The van der Waals surface area contributed by atoms with E-state index in [4.69, 9.17) is 16.3 Å². The molecule has 1 aliphatic rings. The van der Waals surface area contributed by atoms with Gasteiger partial charge in [-0.25, -0.2) is 0 Å². The second-order valence-corrected chi connectivity index (χ2v) is 8.22. The summed E-state index contributed by atoms with van der Waals surface area (Å²) >= 11 is 7.54. The summed E-state index contributed by atoms with van der Waals surface area (Å²) in [5.74, 6) is 1.70. The first-order valence-electron chi connectivity index (χ1n) is 9.22. The Kier molecular flexibility index (Phi) is 7.01. The third-order valence-electron chi connectivity index (χ3n) is 4.67. The number of thioether (sulfide) groups is 1. The molecule has 6 nitrogen and oxygen atoms in total. The van der Waals surface area contributed by atoms with Crippen molar-refractivity contribution in [1.29, 1.82) is 0 Å². The van der Waals surface area contributed by atoms with E-state index in [9.17, 15) is 4.79 Å². The number of amides is 1. The summed E-state index contributed by atoms with van der Waals surface area (Å²) in [7, 11) is 1.87. The molecule has 1 N–H and O–H groups in total. The lowest BCUT2D eigenvalue weighted by Gasteiger charge is -2.22. The van der Waals surface area contributed by atoms with Gasteiger partial charge < -0.3 is 14.6 Å². The van der Waals surface area contributed by atoms with Crippen LogP contribution in [-0.4, -0.2) is 32.5 Å². The van der Waals surface area contributed by atoms with Gasteiger partial charge in [-0.15, -0.1) is 10.2 Å². The molecular formula is C19H25ClN4O2S. The average Bonchev–Trinajstić information content (AvgIpc) is 3.01. The van der Waals surface area contributed by atoms with E-state index in [1.165, 1.54) is 31.0 Å². The van der Waals surface area contributed by atoms with Gasteiger partial charge >= 0.3 is 0 Å². The van der Waals surface area contributed by atoms with Gasteiger partial charge in [-0.05, 0) is 37.5 Å². The summed E-state index contributed by atoms with van der Waals surface area (Å²) in [6, 6.07) is 5.97. The number of nitrogens with one attached hydrogen (secondary N) is 1. The molecule has 0 saturated heterocycles. The van der Waals surface area contributed by atoms with Gasteiger partial charge in [-0.1, -0.05) is 48.7 Å². The highest BCUT2D eigenvalue weighted by molar-refractivity contribution is 7.99. The fourth-order valence-electron chi connectivity index (χ4n) is 3.11. The van der Waals surface area contributed by atoms with Crippen LogP contribution >= 0.6 is 23.4 Å². The molecule has 0 radical (unpaired) electrons. The monoisotopic (exact) mass is 408 g/mol. The fraction of sp³-hybridized carbons (Fsp3) is 0.526. The van der Waals surface area contributed by atoms with Crippen LogP contribution in [0.3, 0.4) is 0 Å². The molecule has 8 heteroatoms. The highest BCUT2D eigenvalue weighted by Gasteiger charge is 2.17. The van der Waals surface area contributed by atoms with Gasteiger partial charge in [0.1, 0.15) is 12.4 Å². The van der Waals surface area contributed by atoms with Crippen molar-refractivity contribution >= 4 is 29.3 Å². The molecule has 3 rings (SSSR count). The SMILES string of the molecule is Cc1ccc(Cl)c(OCc2nnc(SCC(=O)NC3CCCCC3)n2C)c1. The van der Waals surface area contributed by atoms with Gasteiger partial charge in [0, 0.05) is 13.1 Å². The third kappa shape index (κ3) is 5.62. The van der Waals surface area contributed by atoms with E-state index < -0.39 is 0 Å². The molecule has 1 aromatic carbocycles. The van der Waals surface area contributed by atoms with Gasteiger partial charge in [0.15, 0.2) is 11.0 Å². The fourth-order valence-corrected chi connectivity index (χ4v) is 4.02. The van der Waals surface area contributed by atoms with E-state index in [2.05, 4.69) is 15.5 Å². The van der Waals surface area contributed by atoms with Crippen molar-refractivity contribution in [2.45, 2.75) is 56.8 Å². The Bertz CT molecular complexity index is 790. The normalized spacial score (nSPS) is 14.9. The topological polar surface area (TPSA) is 69.0 Å². The smallest absolute Gasteiger partial charge is 0.230 e. The number of aromatic nitrogens is 3. The van der Waals surface area contributed by atoms with Crippen LogP contribution in [-0.2, 0) is 18.4 Å². The largest absolute Gasteiger partial charge is 0.484 e. The number of hydrogen-bond donors (Lipinski definition) is 1. The zero-order valence-corrected chi connectivity index (χ0v) is 17.3. The Morgan fingerprint density at radius 3 is 2.89 bits per heavy atom. The number of aryl methyl sites for hydroxylation is 1. The number of ether oxygens (including phenoxy) is 1. The van der Waals surface area contributed by atoms with Crippen LogP contribution in [0, 0.1) is 6.92 Å². The van der Waals surface area contributed by atoms with E-state index in [0.29, 0.717) is 33.5 Å². The summed E-state index contributed by atoms with van der Waals surface area (Å²) in [6.07, 6.45) is 5.86. The van der Waals surface area contributed by atoms with Crippen LogP contribution in [0.2, 0.25) is 5.02 Å². The molecule has 0 atom stereocenters. The third-order valence-corrected chi connectivity index (χ3v) is 6.00. The van der Waals surface area contributed by atoms with Crippen LogP contribution in [0.15, 0.2) is 23.4 Å². The summed E-state index contributed by atoms with van der Waals surface area (Å²) < 4.78 is 7.63. The molecule has 0 aliphatic heterocycles. The molecule has 0 unspecified atom stereocenters. The number of carbonyl (C=O) groups excluding carboxylic acids is 1. The van der Waals surface area contributed by atoms with E-state index >= 15 is 0 Å². The van der Waals surface area contributed by atoms with Crippen LogP contribution in [0.4, 0.5) is 0 Å². The standard InChI is InChI=1S/C19H25ClN4O2S/c1-13-8-9-15(20)16(10-13)26-11-17-22-23-19(24(17)2)27-12-18(25)21-14-6-4-3-5-7-14/h8-10,14H,3-7,11-12H2,1-2H3,(H,21,25). The summed E-state index contributed by atoms with van der Waals surface area (Å²) in [4.78, 5) is 12.2. The molecule has 146 valence electrons. The molecule has 1 amide bonds. The van der Waals surface area contributed by atoms with Crippen LogP contribution in [0.1, 0.15) is 43.5 Å². The highest BCUT2D eigenvalue weighted by atomic mass is 35.5. The lowest BCUT2D eigenvalue weighted by molar-refractivity contribution is -0.119. The van der Waals surface area contributed by atoms with Crippen LogP contribution < -0.4 is 10.1 Å². The van der Waals surface area contributed by atoms with Gasteiger partial charge in [0.25, 0.3) is 0 Å². The quantitative estimate of drug-likeness (QED) is 0.703. The number of nitrogens with zero attached hydrogens (tertiary/aromatic N) is 3. The molecule has 0 spiro atoms. The van der Waals surface area contributed by atoms with Gasteiger partial charge in [-0.2, -0.15) is 0 Å². The first-order chi connectivity index (χ1) is 13.0. The van der Waals surface area contributed by atoms with E-state index in [-0.39, 0.29) is 12.5 Å². The molecule has 1 saturated carbocycles. The van der Waals surface area contributed by atoms with Crippen molar-refractivity contribution in [2.24, 2.45) is 7.05 Å². The summed E-state index contributed by atoms with van der Waals surface area (Å²) in [5.41, 5.74) is 1.08. The Labute approximate surface area is 169 Å². The van der Waals surface area contributed by atoms with Crippen molar-refractivity contribution in [3.05, 3.63) is 34.6 Å². The maximum absolute atomic E-state index is 12.2. The average molecular weight is 409 g/mol. The van der Waals surface area contributed by atoms with E-state index in [1.54, 1.807) is 0 Å². The molecule has 1 aromatic heterocycles. The number of carbonyl (C=O) groups is 1. The minimum absolute atomic E-state index is 0.0549. The Balaban J connectivity index is 1.50. The molecule has 1 aliphatic carbocycles. The van der Waals surface area contributed by atoms with Crippen molar-refractivity contribution in [1.82, 2.24) is 20.1 Å². The lowest BCUT2D eigenvalue weighted by atomic mass is 9.95. The van der Waals surface area contributed by atoms with Crippen LogP contribution in [0.25, 0.3) is 0 Å². The molecule has 2 aromatic rings.